The largest absolute Gasteiger partial charge is 0.317 e. The van der Waals surface area contributed by atoms with Crippen LogP contribution in [0.25, 0.3) is 0 Å². The van der Waals surface area contributed by atoms with Crippen molar-refractivity contribution in [2.24, 2.45) is 5.41 Å². The summed E-state index contributed by atoms with van der Waals surface area (Å²) >= 11 is 0. The zero-order valence-corrected chi connectivity index (χ0v) is 11.6. The molecule has 1 aliphatic carbocycles. The second-order valence-corrected chi connectivity index (χ2v) is 4.40. The van der Waals surface area contributed by atoms with E-state index in [-0.39, 0.29) is 0 Å². The minimum atomic E-state index is 0.725. The number of nitrogens with zero attached hydrogens (tertiary/aromatic N) is 1. The molecule has 2 aliphatic rings. The maximum atomic E-state index is 3.38. The lowest BCUT2D eigenvalue weighted by Gasteiger charge is -2.46. The highest BCUT2D eigenvalue weighted by atomic mass is 15.2. The highest BCUT2D eigenvalue weighted by Crippen LogP contribution is 2.44. The first-order valence-corrected chi connectivity index (χ1v) is 6.60. The van der Waals surface area contributed by atoms with Crippen LogP contribution in [-0.2, 0) is 0 Å². The fourth-order valence-corrected chi connectivity index (χ4v) is 2.84. The van der Waals surface area contributed by atoms with Crippen molar-refractivity contribution < 1.29 is 0 Å². The predicted molar refractivity (Wildman–Crippen MR) is 69.3 cm³/mol. The second-order valence-electron chi connectivity index (χ2n) is 4.40. The van der Waals surface area contributed by atoms with Gasteiger partial charge in [-0.3, -0.25) is 0 Å². The molecule has 1 atom stereocenters. The summed E-state index contributed by atoms with van der Waals surface area (Å²) in [7, 11) is 4.31. The van der Waals surface area contributed by atoms with Crippen molar-refractivity contribution in [1.82, 2.24) is 10.2 Å². The maximum Gasteiger partial charge on any atom is 0.00705 e. The summed E-state index contributed by atoms with van der Waals surface area (Å²) in [5, 5.41) is 3.38. The average molecular weight is 214 g/mol. The Morgan fingerprint density at radius 2 is 1.67 bits per heavy atom. The summed E-state index contributed by atoms with van der Waals surface area (Å²) in [5.41, 5.74) is 0.725. The van der Waals surface area contributed by atoms with Gasteiger partial charge in [0.15, 0.2) is 0 Å². The SMILES string of the molecule is CC.CC.CNC1CCC2(C1)CN(C)C2. The summed E-state index contributed by atoms with van der Waals surface area (Å²) in [6, 6.07) is 0.809. The topological polar surface area (TPSA) is 15.3 Å². The molecule has 1 spiro atoms. The van der Waals surface area contributed by atoms with E-state index in [4.69, 9.17) is 0 Å². The molecule has 2 fully saturated rings. The van der Waals surface area contributed by atoms with Crippen LogP contribution in [0.1, 0.15) is 47.0 Å². The van der Waals surface area contributed by atoms with Crippen LogP contribution in [0.2, 0.25) is 0 Å². The van der Waals surface area contributed by atoms with Gasteiger partial charge in [0.1, 0.15) is 0 Å². The third-order valence-corrected chi connectivity index (χ3v) is 3.32. The molecule has 0 amide bonds. The first kappa shape index (κ1) is 14.9. The van der Waals surface area contributed by atoms with Crippen LogP contribution in [0, 0.1) is 5.41 Å². The molecule has 1 saturated carbocycles. The van der Waals surface area contributed by atoms with E-state index in [0.29, 0.717) is 0 Å². The molecule has 0 radical (unpaired) electrons. The van der Waals surface area contributed by atoms with Gasteiger partial charge < -0.3 is 10.2 Å². The standard InChI is InChI=1S/C9H18N2.2C2H6/c1-10-8-3-4-9(5-8)6-11(2)7-9;2*1-2/h8,10H,3-7H2,1-2H3;2*1-2H3. The van der Waals surface area contributed by atoms with E-state index >= 15 is 0 Å². The summed E-state index contributed by atoms with van der Waals surface area (Å²) in [6.45, 7) is 10.7. The molecule has 0 aromatic carbocycles. The monoisotopic (exact) mass is 214 g/mol. The van der Waals surface area contributed by atoms with Crippen molar-refractivity contribution in [2.45, 2.75) is 53.0 Å². The highest BCUT2D eigenvalue weighted by molar-refractivity contribution is 5.00. The lowest BCUT2D eigenvalue weighted by molar-refractivity contribution is 0.0270. The predicted octanol–water partition coefficient (Wildman–Crippen LogP) is 2.74. The quantitative estimate of drug-likeness (QED) is 0.722. The van der Waals surface area contributed by atoms with E-state index in [1.807, 2.05) is 27.7 Å². The van der Waals surface area contributed by atoms with Crippen LogP contribution in [0.5, 0.6) is 0 Å². The number of likely N-dealkylation sites (tertiary alicyclic amines) is 1. The van der Waals surface area contributed by atoms with Gasteiger partial charge in [-0.05, 0) is 38.8 Å². The normalized spacial score (nSPS) is 27.2. The van der Waals surface area contributed by atoms with E-state index in [0.717, 1.165) is 11.5 Å². The van der Waals surface area contributed by atoms with Crippen molar-refractivity contribution in [1.29, 1.82) is 0 Å². The van der Waals surface area contributed by atoms with E-state index in [1.54, 1.807) is 0 Å². The van der Waals surface area contributed by atoms with Crippen molar-refractivity contribution >= 4 is 0 Å². The minimum Gasteiger partial charge on any atom is -0.317 e. The van der Waals surface area contributed by atoms with E-state index < -0.39 is 0 Å². The Balaban J connectivity index is 0.000000442. The summed E-state index contributed by atoms with van der Waals surface area (Å²) < 4.78 is 0. The molecule has 0 bridgehead atoms. The molecule has 1 unspecified atom stereocenters. The lowest BCUT2D eigenvalue weighted by atomic mass is 9.78. The van der Waals surface area contributed by atoms with Gasteiger partial charge in [0.05, 0.1) is 0 Å². The third kappa shape index (κ3) is 3.76. The van der Waals surface area contributed by atoms with Gasteiger partial charge in [0.2, 0.25) is 0 Å². The van der Waals surface area contributed by atoms with Crippen LogP contribution in [-0.4, -0.2) is 38.1 Å². The van der Waals surface area contributed by atoms with Crippen LogP contribution in [0.15, 0.2) is 0 Å². The van der Waals surface area contributed by atoms with Gasteiger partial charge in [-0.1, -0.05) is 27.7 Å². The average Bonchev–Trinajstić information content (AvgIpc) is 2.68. The number of hydrogen-bond donors (Lipinski definition) is 1. The Bertz CT molecular complexity index is 151. The van der Waals surface area contributed by atoms with Crippen molar-refractivity contribution in [3.63, 3.8) is 0 Å². The van der Waals surface area contributed by atoms with Crippen LogP contribution in [0.3, 0.4) is 0 Å². The van der Waals surface area contributed by atoms with Crippen LogP contribution >= 0.6 is 0 Å². The fourth-order valence-electron chi connectivity index (χ4n) is 2.84. The van der Waals surface area contributed by atoms with Crippen molar-refractivity contribution in [3.05, 3.63) is 0 Å². The summed E-state index contributed by atoms with van der Waals surface area (Å²) in [4.78, 5) is 2.43. The number of nitrogens with one attached hydrogen (secondary N) is 1. The van der Waals surface area contributed by atoms with Gasteiger partial charge in [-0.15, -0.1) is 0 Å². The van der Waals surface area contributed by atoms with Gasteiger partial charge in [-0.2, -0.15) is 0 Å². The first-order chi connectivity index (χ1) is 7.24. The molecular weight excluding hydrogens is 184 g/mol. The molecule has 92 valence electrons. The molecule has 2 heteroatoms. The molecule has 0 aromatic rings. The van der Waals surface area contributed by atoms with Crippen molar-refractivity contribution in [3.8, 4) is 0 Å². The van der Waals surface area contributed by atoms with Gasteiger partial charge in [0, 0.05) is 19.1 Å². The Hall–Kier alpha value is -0.0800. The second kappa shape index (κ2) is 7.24. The van der Waals surface area contributed by atoms with Crippen LogP contribution in [0.4, 0.5) is 0 Å². The Morgan fingerprint density at radius 3 is 2.00 bits per heavy atom. The van der Waals surface area contributed by atoms with Crippen LogP contribution < -0.4 is 5.32 Å². The third-order valence-electron chi connectivity index (χ3n) is 3.32. The Kier molecular flexibility index (Phi) is 7.20. The molecule has 2 rings (SSSR count). The van der Waals surface area contributed by atoms with Gasteiger partial charge in [0.25, 0.3) is 0 Å². The maximum absolute atomic E-state index is 3.38. The van der Waals surface area contributed by atoms with Crippen molar-refractivity contribution in [2.75, 3.05) is 27.2 Å². The van der Waals surface area contributed by atoms with Gasteiger partial charge >= 0.3 is 0 Å². The molecule has 0 aromatic heterocycles. The molecular formula is C13H30N2. The molecule has 1 heterocycles. The van der Waals surface area contributed by atoms with E-state index in [1.165, 1.54) is 32.4 Å². The molecule has 15 heavy (non-hydrogen) atoms. The lowest BCUT2D eigenvalue weighted by Crippen LogP contribution is -2.53. The molecule has 2 nitrogen and oxygen atoms in total. The fraction of sp³-hybridized carbons (Fsp3) is 1.00. The molecule has 1 N–H and O–H groups in total. The Labute approximate surface area is 96.4 Å². The Morgan fingerprint density at radius 1 is 1.13 bits per heavy atom. The number of rotatable bonds is 1. The molecule has 1 aliphatic heterocycles. The molecule has 1 saturated heterocycles. The highest BCUT2D eigenvalue weighted by Gasteiger charge is 2.45. The van der Waals surface area contributed by atoms with E-state index in [2.05, 4.69) is 24.3 Å². The summed E-state index contributed by atoms with van der Waals surface area (Å²) in [6.07, 6.45) is 4.25. The zero-order chi connectivity index (χ0) is 11.9. The smallest absolute Gasteiger partial charge is 0.00705 e. The first-order valence-electron chi connectivity index (χ1n) is 6.60. The van der Waals surface area contributed by atoms with E-state index in [9.17, 15) is 0 Å². The van der Waals surface area contributed by atoms with Gasteiger partial charge in [-0.25, -0.2) is 0 Å². The minimum absolute atomic E-state index is 0.725. The zero-order valence-electron chi connectivity index (χ0n) is 11.6. The summed E-state index contributed by atoms with van der Waals surface area (Å²) in [5.74, 6) is 0. The number of hydrogen-bond acceptors (Lipinski definition) is 2.